The Kier molecular flexibility index (Phi) is 5.26. The molecule has 1 saturated heterocycles. The van der Waals surface area contributed by atoms with Crippen LogP contribution in [0.1, 0.15) is 10.4 Å². The van der Waals surface area contributed by atoms with E-state index in [1.165, 1.54) is 0 Å². The molecule has 0 radical (unpaired) electrons. The number of rotatable bonds is 3. The third kappa shape index (κ3) is 4.04. The predicted octanol–water partition coefficient (Wildman–Crippen LogP) is 4.58. The first-order chi connectivity index (χ1) is 14.3. The second-order valence-corrected chi connectivity index (χ2v) is 6.84. The van der Waals surface area contributed by atoms with Gasteiger partial charge in [-0.3, -0.25) is 4.79 Å². The Hall–Kier alpha value is -3.26. The quantitative estimate of drug-likeness (QED) is 0.678. The summed E-state index contributed by atoms with van der Waals surface area (Å²) >= 11 is 0. The first kappa shape index (κ1) is 20.0. The fourth-order valence-electron chi connectivity index (χ4n) is 3.60. The van der Waals surface area contributed by atoms with E-state index < -0.39 is 12.1 Å². The van der Waals surface area contributed by atoms with Gasteiger partial charge in [0.25, 0.3) is 5.91 Å². The maximum absolute atomic E-state index is 13.0. The van der Waals surface area contributed by atoms with Gasteiger partial charge in [-0.15, -0.1) is 13.2 Å². The van der Waals surface area contributed by atoms with Gasteiger partial charge >= 0.3 is 6.36 Å². The van der Waals surface area contributed by atoms with Crippen molar-refractivity contribution in [1.82, 2.24) is 4.90 Å². The van der Waals surface area contributed by atoms with Crippen LogP contribution in [0.3, 0.4) is 0 Å². The van der Waals surface area contributed by atoms with Crippen LogP contribution in [0.5, 0.6) is 11.5 Å². The minimum absolute atomic E-state index is 0.139. The Bertz CT molecular complexity index is 1090. The number of nitrogens with zero attached hydrogens (tertiary/aromatic N) is 1. The molecule has 5 nitrogen and oxygen atoms in total. The molecule has 0 bridgehead atoms. The maximum atomic E-state index is 13.0. The van der Waals surface area contributed by atoms with E-state index in [-0.39, 0.29) is 17.2 Å². The van der Waals surface area contributed by atoms with Crippen molar-refractivity contribution in [3.05, 3.63) is 60.2 Å². The molecule has 8 heteroatoms. The second kappa shape index (κ2) is 7.87. The zero-order chi connectivity index (χ0) is 21.3. The highest BCUT2D eigenvalue weighted by atomic mass is 19.4. The van der Waals surface area contributed by atoms with Crippen LogP contribution in [0, 0.1) is 0 Å². The van der Waals surface area contributed by atoms with Gasteiger partial charge < -0.3 is 19.5 Å². The summed E-state index contributed by atoms with van der Waals surface area (Å²) in [7, 11) is 0. The molecule has 0 unspecified atom stereocenters. The van der Waals surface area contributed by atoms with Gasteiger partial charge in [0.1, 0.15) is 11.5 Å². The van der Waals surface area contributed by atoms with E-state index in [2.05, 4.69) is 4.74 Å². The minimum Gasteiger partial charge on any atom is -0.507 e. The molecule has 1 amide bonds. The number of hydrogen-bond donors (Lipinski definition) is 1. The SMILES string of the molecule is O=C(c1cccc2c(-c3cc(OC(F)(F)F)ccc3O)cccc12)N1CCOCC1. The van der Waals surface area contributed by atoms with Crippen LogP contribution in [0.2, 0.25) is 0 Å². The van der Waals surface area contributed by atoms with Gasteiger partial charge in [0.05, 0.1) is 13.2 Å². The Morgan fingerprint density at radius 2 is 1.67 bits per heavy atom. The summed E-state index contributed by atoms with van der Waals surface area (Å²) in [5.74, 6) is -0.769. The highest BCUT2D eigenvalue weighted by Gasteiger charge is 2.31. The molecule has 3 aromatic carbocycles. The number of phenols is 1. The zero-order valence-corrected chi connectivity index (χ0v) is 15.8. The number of hydrogen-bond acceptors (Lipinski definition) is 4. The van der Waals surface area contributed by atoms with Gasteiger partial charge in [0.15, 0.2) is 0 Å². The largest absolute Gasteiger partial charge is 0.573 e. The average molecular weight is 417 g/mol. The molecule has 1 N–H and O–H groups in total. The molecule has 0 atom stereocenters. The van der Waals surface area contributed by atoms with Crippen LogP contribution in [0.4, 0.5) is 13.2 Å². The van der Waals surface area contributed by atoms with E-state index in [4.69, 9.17) is 4.74 Å². The Labute approximate surface area is 170 Å². The molecule has 156 valence electrons. The third-order valence-electron chi connectivity index (χ3n) is 4.94. The number of amides is 1. The molecule has 1 aliphatic rings. The van der Waals surface area contributed by atoms with Crippen molar-refractivity contribution in [3.63, 3.8) is 0 Å². The van der Waals surface area contributed by atoms with E-state index in [1.807, 2.05) is 0 Å². The van der Waals surface area contributed by atoms with Crippen LogP contribution >= 0.6 is 0 Å². The van der Waals surface area contributed by atoms with E-state index >= 15 is 0 Å². The number of fused-ring (bicyclic) bond motifs is 1. The topological polar surface area (TPSA) is 59.0 Å². The van der Waals surface area contributed by atoms with Crippen molar-refractivity contribution in [2.75, 3.05) is 26.3 Å². The summed E-state index contributed by atoms with van der Waals surface area (Å²) in [5.41, 5.74) is 1.16. The second-order valence-electron chi connectivity index (χ2n) is 6.84. The monoisotopic (exact) mass is 417 g/mol. The molecular weight excluding hydrogens is 399 g/mol. The summed E-state index contributed by atoms with van der Waals surface area (Å²) in [5, 5.41) is 11.6. The number of morpholine rings is 1. The molecule has 0 saturated carbocycles. The molecule has 3 aromatic rings. The lowest BCUT2D eigenvalue weighted by atomic mass is 9.94. The lowest BCUT2D eigenvalue weighted by Crippen LogP contribution is -2.40. The highest BCUT2D eigenvalue weighted by molar-refractivity contribution is 6.10. The molecule has 30 heavy (non-hydrogen) atoms. The number of carbonyl (C=O) groups excluding carboxylic acids is 1. The number of benzene rings is 3. The number of carbonyl (C=O) groups is 1. The van der Waals surface area contributed by atoms with Crippen LogP contribution < -0.4 is 4.74 Å². The van der Waals surface area contributed by atoms with Crippen molar-refractivity contribution in [3.8, 4) is 22.6 Å². The molecule has 0 aliphatic carbocycles. The lowest BCUT2D eigenvalue weighted by Gasteiger charge is -2.27. The Balaban J connectivity index is 1.80. The molecule has 4 rings (SSSR count). The van der Waals surface area contributed by atoms with E-state index in [0.29, 0.717) is 48.2 Å². The van der Waals surface area contributed by atoms with Gasteiger partial charge in [-0.2, -0.15) is 0 Å². The summed E-state index contributed by atoms with van der Waals surface area (Å²) in [6.07, 6.45) is -4.84. The molecule has 1 heterocycles. The fraction of sp³-hybridized carbons (Fsp3) is 0.227. The van der Waals surface area contributed by atoms with Gasteiger partial charge in [0.2, 0.25) is 0 Å². The first-order valence-corrected chi connectivity index (χ1v) is 9.31. The first-order valence-electron chi connectivity index (χ1n) is 9.31. The van der Waals surface area contributed by atoms with Crippen molar-refractivity contribution < 1.29 is 32.5 Å². The standard InChI is InChI=1S/C22H18F3NO4/c23-22(24,25)30-14-7-8-20(27)19(13-14)17-5-1-4-16-15(17)3-2-6-18(16)21(28)26-9-11-29-12-10-26/h1-8,13,27H,9-12H2. The van der Waals surface area contributed by atoms with Crippen molar-refractivity contribution in [2.24, 2.45) is 0 Å². The average Bonchev–Trinajstić information content (AvgIpc) is 2.73. The van der Waals surface area contributed by atoms with Crippen LogP contribution in [-0.2, 0) is 4.74 Å². The van der Waals surface area contributed by atoms with Gasteiger partial charge in [-0.25, -0.2) is 0 Å². The fourth-order valence-corrected chi connectivity index (χ4v) is 3.60. The number of halogens is 3. The Morgan fingerprint density at radius 1 is 0.967 bits per heavy atom. The zero-order valence-electron chi connectivity index (χ0n) is 15.8. The van der Waals surface area contributed by atoms with Crippen molar-refractivity contribution in [1.29, 1.82) is 0 Å². The Morgan fingerprint density at radius 3 is 2.40 bits per heavy atom. The van der Waals surface area contributed by atoms with E-state index in [0.717, 1.165) is 18.2 Å². The molecule has 1 fully saturated rings. The molecule has 0 aromatic heterocycles. The number of phenolic OH excluding ortho intramolecular Hbond substituents is 1. The van der Waals surface area contributed by atoms with Gasteiger partial charge in [-0.05, 0) is 40.6 Å². The van der Waals surface area contributed by atoms with Crippen molar-refractivity contribution in [2.45, 2.75) is 6.36 Å². The van der Waals surface area contributed by atoms with E-state index in [1.54, 1.807) is 41.3 Å². The van der Waals surface area contributed by atoms with Crippen LogP contribution in [0.15, 0.2) is 54.6 Å². The minimum atomic E-state index is -4.84. The van der Waals surface area contributed by atoms with Crippen LogP contribution in [-0.4, -0.2) is 48.6 Å². The normalized spacial score (nSPS) is 14.7. The number of aromatic hydroxyl groups is 1. The number of alkyl halides is 3. The van der Waals surface area contributed by atoms with Crippen LogP contribution in [0.25, 0.3) is 21.9 Å². The third-order valence-corrected chi connectivity index (χ3v) is 4.94. The maximum Gasteiger partial charge on any atom is 0.573 e. The predicted molar refractivity (Wildman–Crippen MR) is 104 cm³/mol. The summed E-state index contributed by atoms with van der Waals surface area (Å²) < 4.78 is 47.1. The van der Waals surface area contributed by atoms with E-state index in [9.17, 15) is 23.1 Å². The van der Waals surface area contributed by atoms with Crippen molar-refractivity contribution >= 4 is 16.7 Å². The summed E-state index contributed by atoms with van der Waals surface area (Å²) in [6, 6.07) is 13.7. The number of ether oxygens (including phenoxy) is 2. The molecule has 1 aliphatic heterocycles. The highest BCUT2D eigenvalue weighted by Crippen LogP contribution is 2.38. The van der Waals surface area contributed by atoms with Gasteiger partial charge in [-0.1, -0.05) is 30.3 Å². The molecular formula is C22H18F3NO4. The summed E-state index contributed by atoms with van der Waals surface area (Å²) in [4.78, 5) is 14.7. The summed E-state index contributed by atoms with van der Waals surface area (Å²) in [6.45, 7) is 1.93. The lowest BCUT2D eigenvalue weighted by molar-refractivity contribution is -0.274. The molecule has 0 spiro atoms. The van der Waals surface area contributed by atoms with Gasteiger partial charge in [0, 0.05) is 24.2 Å². The smallest absolute Gasteiger partial charge is 0.507 e.